The predicted molar refractivity (Wildman–Crippen MR) is 82.9 cm³/mol. The normalized spacial score (nSPS) is 18.0. The summed E-state index contributed by atoms with van der Waals surface area (Å²) in [7, 11) is 0. The number of rotatable bonds is 5. The number of carbonyl (C=O) groups excluding carboxylic acids is 1. The Balaban J connectivity index is 2.09. The van der Waals surface area contributed by atoms with Crippen molar-refractivity contribution in [2.75, 3.05) is 25.4 Å². The third-order valence-corrected chi connectivity index (χ3v) is 3.78. The van der Waals surface area contributed by atoms with Gasteiger partial charge >= 0.3 is 5.97 Å². The lowest BCUT2D eigenvalue weighted by Gasteiger charge is -2.30. The lowest BCUT2D eigenvalue weighted by atomic mass is 9.97. The smallest absolute Gasteiger partial charge is 0.308 e. The number of anilines is 1. The molecule has 120 valence electrons. The highest BCUT2D eigenvalue weighted by Gasteiger charge is 2.28. The van der Waals surface area contributed by atoms with Crippen LogP contribution < -0.4 is 10.5 Å². The van der Waals surface area contributed by atoms with Crippen molar-refractivity contribution in [2.45, 2.75) is 26.2 Å². The number of aliphatic carboxylic acids is 1. The van der Waals surface area contributed by atoms with Gasteiger partial charge in [-0.2, -0.15) is 0 Å². The van der Waals surface area contributed by atoms with Gasteiger partial charge in [0.25, 0.3) is 5.91 Å². The molecule has 6 heteroatoms. The van der Waals surface area contributed by atoms with Gasteiger partial charge in [0.1, 0.15) is 5.75 Å². The Hall–Kier alpha value is -2.24. The fourth-order valence-electron chi connectivity index (χ4n) is 2.57. The molecule has 1 fully saturated rings. The fraction of sp³-hybridized carbons (Fsp3) is 0.500. The van der Waals surface area contributed by atoms with Crippen molar-refractivity contribution in [1.82, 2.24) is 4.90 Å². The van der Waals surface area contributed by atoms with Gasteiger partial charge in [-0.05, 0) is 37.5 Å². The molecular weight excluding hydrogens is 284 g/mol. The minimum atomic E-state index is -0.847. The Kier molecular flexibility index (Phi) is 5.25. The monoisotopic (exact) mass is 306 g/mol. The highest BCUT2D eigenvalue weighted by Crippen LogP contribution is 2.25. The van der Waals surface area contributed by atoms with Gasteiger partial charge in [-0.15, -0.1) is 0 Å². The van der Waals surface area contributed by atoms with Gasteiger partial charge in [0, 0.05) is 18.7 Å². The van der Waals surface area contributed by atoms with Crippen LogP contribution in [0.5, 0.6) is 5.75 Å². The van der Waals surface area contributed by atoms with Crippen molar-refractivity contribution in [3.63, 3.8) is 0 Å². The van der Waals surface area contributed by atoms with Crippen molar-refractivity contribution in [3.8, 4) is 5.75 Å². The molecule has 1 unspecified atom stereocenters. The third-order valence-electron chi connectivity index (χ3n) is 3.78. The van der Waals surface area contributed by atoms with Crippen LogP contribution in [0.3, 0.4) is 0 Å². The zero-order valence-corrected chi connectivity index (χ0v) is 12.7. The van der Waals surface area contributed by atoms with E-state index in [0.717, 1.165) is 6.42 Å². The predicted octanol–water partition coefficient (Wildman–Crippen LogP) is 1.99. The molecule has 0 aliphatic carbocycles. The van der Waals surface area contributed by atoms with Crippen molar-refractivity contribution in [1.29, 1.82) is 0 Å². The van der Waals surface area contributed by atoms with Crippen LogP contribution in [-0.2, 0) is 4.79 Å². The number of hydrogen-bond donors (Lipinski definition) is 2. The minimum Gasteiger partial charge on any atom is -0.491 e. The lowest BCUT2D eigenvalue weighted by molar-refractivity contribution is -0.143. The van der Waals surface area contributed by atoms with Crippen LogP contribution >= 0.6 is 0 Å². The Morgan fingerprint density at radius 2 is 2.23 bits per heavy atom. The number of ether oxygens (including phenoxy) is 1. The van der Waals surface area contributed by atoms with E-state index >= 15 is 0 Å². The molecule has 0 bridgehead atoms. The summed E-state index contributed by atoms with van der Waals surface area (Å²) in [5.74, 6) is -0.942. The zero-order valence-electron chi connectivity index (χ0n) is 12.7. The number of amides is 1. The highest BCUT2D eigenvalue weighted by atomic mass is 16.5. The second-order valence-electron chi connectivity index (χ2n) is 5.53. The largest absolute Gasteiger partial charge is 0.491 e. The first-order chi connectivity index (χ1) is 10.5. The van der Waals surface area contributed by atoms with Crippen LogP contribution in [0.2, 0.25) is 0 Å². The van der Waals surface area contributed by atoms with E-state index in [9.17, 15) is 9.59 Å². The summed E-state index contributed by atoms with van der Waals surface area (Å²) in [6.45, 7) is 3.41. The topological polar surface area (TPSA) is 92.9 Å². The molecule has 0 spiro atoms. The van der Waals surface area contributed by atoms with Crippen molar-refractivity contribution in [2.24, 2.45) is 5.92 Å². The van der Waals surface area contributed by atoms with Gasteiger partial charge in [0.05, 0.1) is 18.2 Å². The standard InChI is InChI=1S/C16H22N2O4/c1-2-8-22-14-6-5-11(9-13(14)17)15(19)18-7-3-4-12(10-18)16(20)21/h5-6,9,12H,2-4,7-8,10,17H2,1H3,(H,20,21). The van der Waals surface area contributed by atoms with Crippen LogP contribution in [0.15, 0.2) is 18.2 Å². The average Bonchev–Trinajstić information content (AvgIpc) is 2.53. The number of nitrogen functional groups attached to an aromatic ring is 1. The molecule has 0 radical (unpaired) electrons. The van der Waals surface area contributed by atoms with E-state index in [0.29, 0.717) is 43.0 Å². The molecule has 0 aromatic heterocycles. The van der Waals surface area contributed by atoms with E-state index < -0.39 is 11.9 Å². The Morgan fingerprint density at radius 1 is 1.45 bits per heavy atom. The van der Waals surface area contributed by atoms with Gasteiger partial charge < -0.3 is 20.5 Å². The van der Waals surface area contributed by atoms with Gasteiger partial charge in [-0.1, -0.05) is 6.92 Å². The van der Waals surface area contributed by atoms with Crippen LogP contribution in [0, 0.1) is 5.92 Å². The quantitative estimate of drug-likeness (QED) is 0.812. The van der Waals surface area contributed by atoms with Gasteiger partial charge in [-0.25, -0.2) is 0 Å². The number of carboxylic acids is 1. The van der Waals surface area contributed by atoms with Crippen molar-refractivity contribution in [3.05, 3.63) is 23.8 Å². The Morgan fingerprint density at radius 3 is 2.86 bits per heavy atom. The summed E-state index contributed by atoms with van der Waals surface area (Å²) in [5.41, 5.74) is 6.80. The first-order valence-corrected chi connectivity index (χ1v) is 7.57. The lowest BCUT2D eigenvalue weighted by Crippen LogP contribution is -2.42. The fourth-order valence-corrected chi connectivity index (χ4v) is 2.57. The molecule has 0 saturated carbocycles. The summed E-state index contributed by atoms with van der Waals surface area (Å²) >= 11 is 0. The van der Waals surface area contributed by atoms with Gasteiger partial charge in [0.2, 0.25) is 0 Å². The van der Waals surface area contributed by atoms with Gasteiger partial charge in [0.15, 0.2) is 0 Å². The highest BCUT2D eigenvalue weighted by molar-refractivity contribution is 5.95. The Bertz CT molecular complexity index is 559. The maximum absolute atomic E-state index is 12.5. The van der Waals surface area contributed by atoms with Crippen molar-refractivity contribution >= 4 is 17.6 Å². The molecule has 3 N–H and O–H groups in total. The third kappa shape index (κ3) is 3.69. The van der Waals surface area contributed by atoms with Crippen molar-refractivity contribution < 1.29 is 19.4 Å². The molecule has 1 amide bonds. The first kappa shape index (κ1) is 16.1. The maximum Gasteiger partial charge on any atom is 0.308 e. The molecule has 1 atom stereocenters. The average molecular weight is 306 g/mol. The number of hydrogen-bond acceptors (Lipinski definition) is 4. The summed E-state index contributed by atoms with van der Waals surface area (Å²) in [5, 5.41) is 9.10. The number of nitrogens with two attached hydrogens (primary N) is 1. The Labute approximate surface area is 129 Å². The number of likely N-dealkylation sites (tertiary alicyclic amines) is 1. The van der Waals surface area contributed by atoms with Gasteiger partial charge in [-0.3, -0.25) is 9.59 Å². The van der Waals surface area contributed by atoms with E-state index in [4.69, 9.17) is 15.6 Å². The number of carbonyl (C=O) groups is 2. The maximum atomic E-state index is 12.5. The second kappa shape index (κ2) is 7.15. The van der Waals surface area contributed by atoms with E-state index in [1.807, 2.05) is 6.92 Å². The molecule has 1 aliphatic heterocycles. The summed E-state index contributed by atoms with van der Waals surface area (Å²) in [6, 6.07) is 4.96. The summed E-state index contributed by atoms with van der Waals surface area (Å²) < 4.78 is 5.49. The van der Waals surface area contributed by atoms with E-state index in [1.54, 1.807) is 23.1 Å². The summed E-state index contributed by atoms with van der Waals surface area (Å²) in [4.78, 5) is 25.2. The molecule has 6 nitrogen and oxygen atoms in total. The molecule has 2 rings (SSSR count). The molecule has 1 aliphatic rings. The van der Waals surface area contributed by atoms with E-state index in [1.165, 1.54) is 0 Å². The van der Waals surface area contributed by atoms with Crippen LogP contribution in [0.1, 0.15) is 36.5 Å². The number of piperidine rings is 1. The summed E-state index contributed by atoms with van der Waals surface area (Å²) in [6.07, 6.45) is 2.20. The van der Waals surface area contributed by atoms with E-state index in [-0.39, 0.29) is 12.5 Å². The van der Waals surface area contributed by atoms with Crippen LogP contribution in [0.4, 0.5) is 5.69 Å². The number of benzene rings is 1. The van der Waals surface area contributed by atoms with E-state index in [2.05, 4.69) is 0 Å². The first-order valence-electron chi connectivity index (χ1n) is 7.57. The number of nitrogens with zero attached hydrogens (tertiary/aromatic N) is 1. The number of carboxylic acid groups (broad SMARTS) is 1. The van der Waals surface area contributed by atoms with Crippen LogP contribution in [0.25, 0.3) is 0 Å². The molecule has 1 aromatic rings. The zero-order chi connectivity index (χ0) is 16.1. The molecular formula is C16H22N2O4. The second-order valence-corrected chi connectivity index (χ2v) is 5.53. The van der Waals surface area contributed by atoms with Crippen LogP contribution in [-0.4, -0.2) is 41.6 Å². The molecule has 1 aromatic carbocycles. The molecule has 22 heavy (non-hydrogen) atoms. The molecule has 1 saturated heterocycles. The minimum absolute atomic E-state index is 0.181. The molecule has 1 heterocycles. The SMILES string of the molecule is CCCOc1ccc(C(=O)N2CCCC(C(=O)O)C2)cc1N.